The molecule has 66 valence electrons. The van der Waals surface area contributed by atoms with E-state index in [1.165, 1.54) is 5.56 Å². The van der Waals surface area contributed by atoms with Crippen LogP contribution in [0, 0.1) is 5.92 Å². The monoisotopic (exact) mass is 248 g/mol. The van der Waals surface area contributed by atoms with Crippen LogP contribution in [0.25, 0.3) is 0 Å². The van der Waals surface area contributed by atoms with Crippen molar-refractivity contribution < 1.29 is 0 Å². The van der Waals surface area contributed by atoms with Crippen LogP contribution < -0.4 is 0 Å². The zero-order valence-corrected chi connectivity index (χ0v) is 9.92. The molecule has 2 heteroatoms. The topological polar surface area (TPSA) is 0 Å². The first kappa shape index (κ1) is 10.1. The van der Waals surface area contributed by atoms with Gasteiger partial charge in [0.25, 0.3) is 0 Å². The third-order valence-electron chi connectivity index (χ3n) is 1.84. The molecule has 0 fully saturated rings. The molecule has 1 aromatic rings. The van der Waals surface area contributed by atoms with Gasteiger partial charge < -0.3 is 0 Å². The molecule has 1 aromatic carbocycles. The van der Waals surface area contributed by atoms with E-state index >= 15 is 0 Å². The molecule has 1 atom stereocenters. The van der Waals surface area contributed by atoms with E-state index in [-0.39, 0.29) is 0 Å². The van der Waals surface area contributed by atoms with E-state index < -0.39 is 0 Å². The van der Waals surface area contributed by atoms with Crippen LogP contribution in [0.5, 0.6) is 0 Å². The van der Waals surface area contributed by atoms with Crippen LogP contribution in [0.1, 0.15) is 24.2 Å². The van der Waals surface area contributed by atoms with Crippen LogP contribution in [0.4, 0.5) is 0 Å². The van der Waals surface area contributed by atoms with Crippen LogP contribution >= 0.6 is 11.6 Å². The summed E-state index contributed by atoms with van der Waals surface area (Å²) in [7, 11) is 0. The molecule has 0 aliphatic rings. The second kappa shape index (κ2) is 4.32. The molecule has 0 saturated carbocycles. The molecule has 12 heavy (non-hydrogen) atoms. The van der Waals surface area contributed by atoms with Gasteiger partial charge in [-0.25, -0.2) is 0 Å². The predicted molar refractivity (Wildman–Crippen MR) is 56.2 cm³/mol. The molecular formula is C10H13ClSe. The maximum absolute atomic E-state index is 5.79. The van der Waals surface area contributed by atoms with E-state index in [4.69, 9.17) is 11.6 Å². The summed E-state index contributed by atoms with van der Waals surface area (Å²) in [6.45, 7) is 4.44. The second-order valence-corrected chi connectivity index (χ2v) is 4.84. The first-order valence-electron chi connectivity index (χ1n) is 4.05. The third-order valence-corrected chi connectivity index (χ3v) is 3.97. The summed E-state index contributed by atoms with van der Waals surface area (Å²) in [5.74, 6) is 0.658. The molecule has 0 aliphatic carbocycles. The Balaban J connectivity index is 2.82. The minimum absolute atomic E-state index is 0.551. The Hall–Kier alpha value is 0.0295. The molecule has 1 rings (SSSR count). The van der Waals surface area contributed by atoms with Crippen molar-refractivity contribution in [2.75, 3.05) is 0 Å². The van der Waals surface area contributed by atoms with Gasteiger partial charge >= 0.3 is 87.0 Å². The van der Waals surface area contributed by atoms with Crippen LogP contribution in [0.2, 0.25) is 5.02 Å². The molecule has 0 nitrogen and oxygen atoms in total. The van der Waals surface area contributed by atoms with Crippen molar-refractivity contribution in [3.05, 3.63) is 34.9 Å². The van der Waals surface area contributed by atoms with Crippen molar-refractivity contribution in [3.8, 4) is 0 Å². The summed E-state index contributed by atoms with van der Waals surface area (Å²) in [5, 5.41) is 0.808. The minimum atomic E-state index is 0.551. The molecule has 0 radical (unpaired) electrons. The van der Waals surface area contributed by atoms with Crippen LogP contribution in [-0.4, -0.2) is 16.0 Å². The fourth-order valence-electron chi connectivity index (χ4n) is 1.04. The Kier molecular flexibility index (Phi) is 3.64. The van der Waals surface area contributed by atoms with Crippen molar-refractivity contribution in [2.45, 2.75) is 18.7 Å². The van der Waals surface area contributed by atoms with Crippen LogP contribution in [0.3, 0.4) is 0 Å². The molecule has 0 spiro atoms. The van der Waals surface area contributed by atoms with Gasteiger partial charge in [-0.15, -0.1) is 0 Å². The SMILES string of the molecule is CC(C)C([SeH])c1ccc(Cl)cc1. The number of rotatable bonds is 2. The van der Waals surface area contributed by atoms with Gasteiger partial charge in [0.2, 0.25) is 0 Å². The predicted octanol–water partition coefficient (Wildman–Crippen LogP) is 2.94. The zero-order chi connectivity index (χ0) is 9.14. The Labute approximate surface area is 87.1 Å². The number of hydrogen-bond acceptors (Lipinski definition) is 0. The number of benzene rings is 1. The normalized spacial score (nSPS) is 13.4. The molecule has 0 N–H and O–H groups in total. The quantitative estimate of drug-likeness (QED) is 0.705. The Morgan fingerprint density at radius 3 is 2.08 bits per heavy atom. The van der Waals surface area contributed by atoms with Crippen molar-refractivity contribution in [1.29, 1.82) is 0 Å². The van der Waals surface area contributed by atoms with E-state index in [2.05, 4.69) is 42.0 Å². The van der Waals surface area contributed by atoms with Gasteiger partial charge in [0.15, 0.2) is 0 Å². The van der Waals surface area contributed by atoms with E-state index in [1.807, 2.05) is 12.1 Å². The molecule has 0 bridgehead atoms. The van der Waals surface area contributed by atoms with E-state index in [9.17, 15) is 0 Å². The average Bonchev–Trinajstić information content (AvgIpc) is 2.04. The summed E-state index contributed by atoms with van der Waals surface area (Å²) in [6, 6.07) is 8.07. The van der Waals surface area contributed by atoms with E-state index in [0.717, 1.165) is 5.02 Å². The van der Waals surface area contributed by atoms with Gasteiger partial charge in [0.05, 0.1) is 0 Å². The van der Waals surface area contributed by atoms with Gasteiger partial charge in [-0.05, 0) is 0 Å². The molecular weight excluding hydrogens is 235 g/mol. The fourth-order valence-corrected chi connectivity index (χ4v) is 1.53. The average molecular weight is 248 g/mol. The van der Waals surface area contributed by atoms with Crippen LogP contribution in [0.15, 0.2) is 24.3 Å². The summed E-state index contributed by atoms with van der Waals surface area (Å²) in [4.78, 5) is 0.551. The van der Waals surface area contributed by atoms with Crippen molar-refractivity contribution in [1.82, 2.24) is 0 Å². The van der Waals surface area contributed by atoms with Crippen LogP contribution in [-0.2, 0) is 0 Å². The second-order valence-electron chi connectivity index (χ2n) is 3.24. The number of hydrogen-bond donors (Lipinski definition) is 0. The summed E-state index contributed by atoms with van der Waals surface area (Å²) >= 11 is 8.50. The fraction of sp³-hybridized carbons (Fsp3) is 0.400. The molecule has 0 aliphatic heterocycles. The molecule has 0 aromatic heterocycles. The van der Waals surface area contributed by atoms with Gasteiger partial charge in [-0.1, -0.05) is 0 Å². The summed E-state index contributed by atoms with van der Waals surface area (Å²) in [6.07, 6.45) is 0. The van der Waals surface area contributed by atoms with Gasteiger partial charge in [0, 0.05) is 0 Å². The van der Waals surface area contributed by atoms with Gasteiger partial charge in [-0.3, -0.25) is 0 Å². The van der Waals surface area contributed by atoms with Gasteiger partial charge in [0.1, 0.15) is 0 Å². The molecule has 0 saturated heterocycles. The Morgan fingerprint density at radius 2 is 1.67 bits per heavy atom. The first-order valence-corrected chi connectivity index (χ1v) is 5.51. The summed E-state index contributed by atoms with van der Waals surface area (Å²) in [5.41, 5.74) is 1.34. The Bertz CT molecular complexity index is 241. The third kappa shape index (κ3) is 2.52. The van der Waals surface area contributed by atoms with Gasteiger partial charge in [-0.2, -0.15) is 0 Å². The van der Waals surface area contributed by atoms with Crippen molar-refractivity contribution >= 4 is 27.6 Å². The zero-order valence-electron chi connectivity index (χ0n) is 7.29. The van der Waals surface area contributed by atoms with Crippen molar-refractivity contribution in [2.24, 2.45) is 5.92 Å². The first-order chi connectivity index (χ1) is 5.61. The number of halogens is 1. The van der Waals surface area contributed by atoms with E-state index in [0.29, 0.717) is 10.7 Å². The standard InChI is InChI=1S/C10H13ClSe/c1-7(2)10(12)8-3-5-9(11)6-4-8/h3-7,10,12H,1-2H3. The summed E-state index contributed by atoms with van der Waals surface area (Å²) < 4.78 is 0. The molecule has 0 heterocycles. The molecule has 1 unspecified atom stereocenters. The molecule has 0 amide bonds. The maximum atomic E-state index is 5.79. The Morgan fingerprint density at radius 1 is 1.17 bits per heavy atom. The van der Waals surface area contributed by atoms with Crippen molar-refractivity contribution in [3.63, 3.8) is 0 Å². The van der Waals surface area contributed by atoms with E-state index in [1.54, 1.807) is 0 Å².